The molecular formula is C19H18N4O5. The zero-order valence-electron chi connectivity index (χ0n) is 15.3. The predicted octanol–water partition coefficient (Wildman–Crippen LogP) is 3.17. The molecular weight excluding hydrogens is 364 g/mol. The van der Waals surface area contributed by atoms with Crippen molar-refractivity contribution in [3.05, 3.63) is 76.4 Å². The van der Waals surface area contributed by atoms with E-state index in [0.717, 1.165) is 5.82 Å². The number of amides is 1. The number of nitrogens with one attached hydrogen (secondary N) is 1. The molecule has 0 aliphatic carbocycles. The normalized spacial score (nSPS) is 10.4. The van der Waals surface area contributed by atoms with E-state index in [2.05, 4.69) is 10.3 Å². The van der Waals surface area contributed by atoms with Crippen LogP contribution in [0.3, 0.4) is 0 Å². The summed E-state index contributed by atoms with van der Waals surface area (Å²) < 4.78 is 12.7. The first-order valence-corrected chi connectivity index (χ1v) is 8.31. The van der Waals surface area contributed by atoms with Crippen molar-refractivity contribution in [3.63, 3.8) is 0 Å². The number of non-ortho nitro benzene ring substituents is 1. The highest BCUT2D eigenvalue weighted by Gasteiger charge is 2.15. The number of benzene rings is 2. The third kappa shape index (κ3) is 4.26. The van der Waals surface area contributed by atoms with Gasteiger partial charge in [0.2, 0.25) is 0 Å². The summed E-state index contributed by atoms with van der Waals surface area (Å²) in [5.41, 5.74) is 0.448. The molecule has 0 radical (unpaired) electrons. The zero-order valence-corrected chi connectivity index (χ0v) is 15.3. The van der Waals surface area contributed by atoms with Gasteiger partial charge in [-0.25, -0.2) is 4.98 Å². The number of methoxy groups -OCH3 is 1. The molecule has 0 atom stereocenters. The van der Waals surface area contributed by atoms with Crippen molar-refractivity contribution < 1.29 is 19.2 Å². The molecule has 3 rings (SSSR count). The molecule has 0 aliphatic rings. The predicted molar refractivity (Wildman–Crippen MR) is 102 cm³/mol. The summed E-state index contributed by atoms with van der Waals surface area (Å²) in [6.45, 7) is 0.305. The van der Waals surface area contributed by atoms with Gasteiger partial charge in [-0.2, -0.15) is 0 Å². The van der Waals surface area contributed by atoms with Crippen molar-refractivity contribution in [2.24, 2.45) is 7.05 Å². The summed E-state index contributed by atoms with van der Waals surface area (Å²) >= 11 is 0. The van der Waals surface area contributed by atoms with Gasteiger partial charge in [0.05, 0.1) is 17.7 Å². The van der Waals surface area contributed by atoms with Crippen LogP contribution in [0, 0.1) is 10.1 Å². The number of hydrogen-bond donors (Lipinski definition) is 1. The molecule has 144 valence electrons. The average molecular weight is 382 g/mol. The van der Waals surface area contributed by atoms with Gasteiger partial charge < -0.3 is 19.4 Å². The number of aromatic nitrogens is 2. The minimum Gasteiger partial charge on any atom is -0.495 e. The summed E-state index contributed by atoms with van der Waals surface area (Å²) in [4.78, 5) is 27.1. The first-order valence-electron chi connectivity index (χ1n) is 8.31. The van der Waals surface area contributed by atoms with Crippen molar-refractivity contribution in [1.82, 2.24) is 9.55 Å². The Morgan fingerprint density at radius 2 is 2.00 bits per heavy atom. The van der Waals surface area contributed by atoms with E-state index < -0.39 is 10.8 Å². The Labute approximate surface area is 160 Å². The van der Waals surface area contributed by atoms with E-state index in [1.165, 1.54) is 25.3 Å². The molecule has 1 N–H and O–H groups in total. The zero-order chi connectivity index (χ0) is 20.1. The molecule has 9 nitrogen and oxygen atoms in total. The van der Waals surface area contributed by atoms with Crippen molar-refractivity contribution in [2.75, 3.05) is 12.4 Å². The molecule has 0 spiro atoms. The lowest BCUT2D eigenvalue weighted by atomic mass is 10.2. The van der Waals surface area contributed by atoms with Crippen LogP contribution < -0.4 is 14.8 Å². The molecule has 3 aromatic rings. The third-order valence-electron chi connectivity index (χ3n) is 4.05. The van der Waals surface area contributed by atoms with Crippen LogP contribution in [0.15, 0.2) is 54.9 Å². The van der Waals surface area contributed by atoms with Crippen LogP contribution in [0.4, 0.5) is 11.4 Å². The summed E-state index contributed by atoms with van der Waals surface area (Å²) in [7, 11) is 3.30. The Morgan fingerprint density at radius 3 is 2.61 bits per heavy atom. The number of carbonyl (C=O) groups excluding carboxylic acids is 1. The van der Waals surface area contributed by atoms with E-state index in [0.29, 0.717) is 23.7 Å². The maximum Gasteiger partial charge on any atom is 0.271 e. The smallest absolute Gasteiger partial charge is 0.271 e. The molecule has 1 amide bonds. The van der Waals surface area contributed by atoms with Gasteiger partial charge in [-0.1, -0.05) is 0 Å². The monoisotopic (exact) mass is 382 g/mol. The molecule has 0 unspecified atom stereocenters. The molecule has 9 heteroatoms. The number of nitro groups is 1. The van der Waals surface area contributed by atoms with Crippen molar-refractivity contribution in [1.29, 1.82) is 0 Å². The molecule has 1 heterocycles. The van der Waals surface area contributed by atoms with Crippen LogP contribution in [-0.2, 0) is 13.7 Å². The molecule has 0 fully saturated rings. The second-order valence-electron chi connectivity index (χ2n) is 5.86. The Balaban J connectivity index is 1.69. The number of carbonyl (C=O) groups is 1. The van der Waals surface area contributed by atoms with Gasteiger partial charge >= 0.3 is 0 Å². The lowest BCUT2D eigenvalue weighted by molar-refractivity contribution is -0.384. The highest BCUT2D eigenvalue weighted by molar-refractivity contribution is 6.05. The molecule has 1 aromatic heterocycles. The van der Waals surface area contributed by atoms with Crippen LogP contribution in [-0.4, -0.2) is 27.5 Å². The largest absolute Gasteiger partial charge is 0.495 e. The lowest BCUT2D eigenvalue weighted by Crippen LogP contribution is -2.13. The summed E-state index contributed by atoms with van der Waals surface area (Å²) in [6.07, 6.45) is 3.52. The fraction of sp³-hybridized carbons (Fsp3) is 0.158. The Bertz CT molecular complexity index is 998. The lowest BCUT2D eigenvalue weighted by Gasteiger charge is -2.11. The second-order valence-corrected chi connectivity index (χ2v) is 5.86. The summed E-state index contributed by atoms with van der Waals surface area (Å²) in [6, 6.07) is 10.5. The fourth-order valence-corrected chi connectivity index (χ4v) is 2.49. The number of anilines is 1. The maximum absolute atomic E-state index is 12.5. The van der Waals surface area contributed by atoms with E-state index >= 15 is 0 Å². The van der Waals surface area contributed by atoms with Crippen LogP contribution >= 0.6 is 0 Å². The highest BCUT2D eigenvalue weighted by atomic mass is 16.6. The Morgan fingerprint density at radius 1 is 1.25 bits per heavy atom. The minimum atomic E-state index is -0.539. The van der Waals surface area contributed by atoms with Crippen LogP contribution in [0.1, 0.15) is 16.2 Å². The maximum atomic E-state index is 12.5. The molecule has 0 saturated heterocycles. The summed E-state index contributed by atoms with van der Waals surface area (Å²) in [5, 5.41) is 13.6. The average Bonchev–Trinajstić information content (AvgIpc) is 3.11. The van der Waals surface area contributed by atoms with E-state index in [1.54, 1.807) is 30.5 Å². The highest BCUT2D eigenvalue weighted by Crippen LogP contribution is 2.29. The number of hydrogen-bond acceptors (Lipinski definition) is 6. The van der Waals surface area contributed by atoms with Crippen LogP contribution in [0.2, 0.25) is 0 Å². The standard InChI is InChI=1S/C19H18N4O5/c1-22-10-9-20-18(22)12-28-15-6-3-13(4-7-15)19(24)21-16-11-14(23(25)26)5-8-17(16)27-2/h3-11H,12H2,1-2H3,(H,21,24). The van der Waals surface area contributed by atoms with E-state index in [1.807, 2.05) is 17.8 Å². The third-order valence-corrected chi connectivity index (χ3v) is 4.05. The van der Waals surface area contributed by atoms with Gasteiger partial charge in [-0.15, -0.1) is 0 Å². The van der Waals surface area contributed by atoms with Crippen LogP contribution in [0.5, 0.6) is 11.5 Å². The SMILES string of the molecule is COc1ccc([N+](=O)[O-])cc1NC(=O)c1ccc(OCc2nccn2C)cc1. The van der Waals surface area contributed by atoms with Gasteiger partial charge in [-0.3, -0.25) is 14.9 Å². The van der Waals surface area contributed by atoms with Gasteiger partial charge in [0.1, 0.15) is 23.9 Å². The quantitative estimate of drug-likeness (QED) is 0.497. The van der Waals surface area contributed by atoms with Crippen molar-refractivity contribution in [3.8, 4) is 11.5 Å². The topological polar surface area (TPSA) is 109 Å². The number of rotatable bonds is 7. The fourth-order valence-electron chi connectivity index (χ4n) is 2.49. The van der Waals surface area contributed by atoms with Crippen molar-refractivity contribution >= 4 is 17.3 Å². The molecule has 0 saturated carbocycles. The number of imidazole rings is 1. The van der Waals surface area contributed by atoms with Gasteiger partial charge in [0.25, 0.3) is 11.6 Å². The van der Waals surface area contributed by atoms with Gasteiger partial charge in [0, 0.05) is 37.1 Å². The van der Waals surface area contributed by atoms with Crippen molar-refractivity contribution in [2.45, 2.75) is 6.61 Å². The molecule has 0 bridgehead atoms. The van der Waals surface area contributed by atoms with E-state index in [4.69, 9.17) is 9.47 Å². The minimum absolute atomic E-state index is 0.144. The second kappa shape index (κ2) is 8.21. The number of nitrogens with zero attached hydrogens (tertiary/aromatic N) is 3. The molecule has 2 aromatic carbocycles. The number of nitro benzene ring substituents is 1. The number of aryl methyl sites for hydroxylation is 1. The molecule has 0 aliphatic heterocycles. The summed E-state index contributed by atoms with van der Waals surface area (Å²) in [5.74, 6) is 1.27. The van der Waals surface area contributed by atoms with Gasteiger partial charge in [-0.05, 0) is 30.3 Å². The first kappa shape index (κ1) is 18.9. The van der Waals surface area contributed by atoms with Gasteiger partial charge in [0.15, 0.2) is 0 Å². The Kier molecular flexibility index (Phi) is 5.54. The number of ether oxygens (including phenoxy) is 2. The molecule has 28 heavy (non-hydrogen) atoms. The Hall–Kier alpha value is -3.88. The van der Waals surface area contributed by atoms with Crippen LogP contribution in [0.25, 0.3) is 0 Å². The van der Waals surface area contributed by atoms with E-state index in [9.17, 15) is 14.9 Å². The first-order chi connectivity index (χ1) is 13.5. The van der Waals surface area contributed by atoms with E-state index in [-0.39, 0.29) is 11.4 Å².